The lowest BCUT2D eigenvalue weighted by Gasteiger charge is -2.13. The predicted octanol–water partition coefficient (Wildman–Crippen LogP) is 4.08. The molecule has 3 aromatic rings. The lowest BCUT2D eigenvalue weighted by Crippen LogP contribution is -2.13. The van der Waals surface area contributed by atoms with Gasteiger partial charge in [-0.1, -0.05) is 30.3 Å². The summed E-state index contributed by atoms with van der Waals surface area (Å²) in [5.74, 6) is -2.07. The van der Waals surface area contributed by atoms with Crippen molar-refractivity contribution in [2.75, 3.05) is 0 Å². The van der Waals surface area contributed by atoms with Crippen LogP contribution in [-0.2, 0) is 6.61 Å². The van der Waals surface area contributed by atoms with Gasteiger partial charge >= 0.3 is 0 Å². The van der Waals surface area contributed by atoms with Crippen LogP contribution in [0.15, 0.2) is 53.3 Å². The topological polar surface area (TPSA) is 65.9 Å². The molecule has 1 heterocycles. The molecule has 0 amide bonds. The summed E-state index contributed by atoms with van der Waals surface area (Å²) in [7, 11) is 0. The highest BCUT2D eigenvalue weighted by molar-refractivity contribution is 5.73. The van der Waals surface area contributed by atoms with E-state index >= 15 is 0 Å². The van der Waals surface area contributed by atoms with Crippen molar-refractivity contribution >= 4 is 0 Å². The SMILES string of the molecule is Cc1cc(-c2ccccc2COc2c(F)cccc2F)c(C#N)c(=O)[nH]1. The third kappa shape index (κ3) is 3.33. The summed E-state index contributed by atoms with van der Waals surface area (Å²) in [6, 6.07) is 14.0. The molecule has 0 aliphatic carbocycles. The van der Waals surface area contributed by atoms with Gasteiger partial charge in [-0.2, -0.15) is 5.26 Å². The third-order valence-corrected chi connectivity index (χ3v) is 3.88. The number of rotatable bonds is 4. The average molecular weight is 352 g/mol. The predicted molar refractivity (Wildman–Crippen MR) is 92.6 cm³/mol. The fourth-order valence-electron chi connectivity index (χ4n) is 2.69. The standard InChI is InChI=1S/C20H14F2N2O2/c1-12-9-15(16(10-23)20(25)24-12)14-6-3-2-5-13(14)11-26-19-17(21)7-4-8-18(19)22/h2-9H,11H2,1H3,(H,24,25). The van der Waals surface area contributed by atoms with Crippen LogP contribution in [0.5, 0.6) is 5.75 Å². The van der Waals surface area contributed by atoms with Gasteiger partial charge in [0.05, 0.1) is 0 Å². The van der Waals surface area contributed by atoms with Gasteiger partial charge in [0.1, 0.15) is 18.2 Å². The lowest BCUT2D eigenvalue weighted by atomic mass is 9.96. The van der Waals surface area contributed by atoms with Crippen LogP contribution >= 0.6 is 0 Å². The van der Waals surface area contributed by atoms with Crippen molar-refractivity contribution in [1.82, 2.24) is 4.98 Å². The third-order valence-electron chi connectivity index (χ3n) is 3.88. The minimum Gasteiger partial charge on any atom is -0.483 e. The Hall–Kier alpha value is -3.46. The van der Waals surface area contributed by atoms with Gasteiger partial charge in [0.25, 0.3) is 5.56 Å². The number of halogens is 2. The molecule has 6 heteroatoms. The number of hydrogen-bond donors (Lipinski definition) is 1. The first kappa shape index (κ1) is 17.4. The first-order valence-corrected chi connectivity index (χ1v) is 7.80. The summed E-state index contributed by atoms with van der Waals surface area (Å²) in [5.41, 5.74) is 1.71. The monoisotopic (exact) mass is 352 g/mol. The van der Waals surface area contributed by atoms with Crippen LogP contribution < -0.4 is 10.3 Å². The fraction of sp³-hybridized carbons (Fsp3) is 0.100. The van der Waals surface area contributed by atoms with Crippen LogP contribution in [0.3, 0.4) is 0 Å². The van der Waals surface area contributed by atoms with Crippen LogP contribution in [0.4, 0.5) is 8.78 Å². The zero-order valence-electron chi connectivity index (χ0n) is 13.8. The molecule has 0 saturated carbocycles. The summed E-state index contributed by atoms with van der Waals surface area (Å²) in [6.45, 7) is 1.59. The molecule has 0 spiro atoms. The van der Waals surface area contributed by atoms with E-state index in [9.17, 15) is 18.8 Å². The Balaban J connectivity index is 2.03. The van der Waals surface area contributed by atoms with E-state index in [-0.39, 0.29) is 12.2 Å². The number of pyridine rings is 1. The molecule has 0 bridgehead atoms. The van der Waals surface area contributed by atoms with Gasteiger partial charge in [-0.3, -0.25) is 4.79 Å². The van der Waals surface area contributed by atoms with Gasteiger partial charge in [-0.25, -0.2) is 8.78 Å². The van der Waals surface area contributed by atoms with Crippen LogP contribution in [0.2, 0.25) is 0 Å². The van der Waals surface area contributed by atoms with Crippen LogP contribution in [0.25, 0.3) is 11.1 Å². The quantitative estimate of drug-likeness (QED) is 0.769. The molecule has 3 rings (SSSR count). The maximum atomic E-state index is 13.7. The number of ether oxygens (including phenoxy) is 1. The molecule has 0 atom stereocenters. The van der Waals surface area contributed by atoms with E-state index in [4.69, 9.17) is 4.74 Å². The van der Waals surface area contributed by atoms with E-state index < -0.39 is 22.9 Å². The molecule has 0 aliphatic rings. The van der Waals surface area contributed by atoms with E-state index in [1.54, 1.807) is 37.3 Å². The molecule has 1 aromatic heterocycles. The second-order valence-corrected chi connectivity index (χ2v) is 5.68. The number of H-pyrrole nitrogens is 1. The number of para-hydroxylation sites is 1. The molecule has 1 N–H and O–H groups in total. The summed E-state index contributed by atoms with van der Waals surface area (Å²) >= 11 is 0. The summed E-state index contributed by atoms with van der Waals surface area (Å²) in [5, 5.41) is 9.32. The molecule has 0 unspecified atom stereocenters. The van der Waals surface area contributed by atoms with Gasteiger partial charge in [-0.15, -0.1) is 0 Å². The largest absolute Gasteiger partial charge is 0.483 e. The summed E-state index contributed by atoms with van der Waals surface area (Å²) in [4.78, 5) is 14.6. The van der Waals surface area contributed by atoms with Gasteiger partial charge < -0.3 is 9.72 Å². The summed E-state index contributed by atoms with van der Waals surface area (Å²) in [6.07, 6.45) is 0. The fourth-order valence-corrected chi connectivity index (χ4v) is 2.69. The van der Waals surface area contributed by atoms with Crippen molar-refractivity contribution < 1.29 is 13.5 Å². The van der Waals surface area contributed by atoms with E-state index in [1.165, 1.54) is 6.07 Å². The average Bonchev–Trinajstić information content (AvgIpc) is 2.61. The number of hydrogen-bond acceptors (Lipinski definition) is 3. The highest BCUT2D eigenvalue weighted by atomic mass is 19.1. The molecule has 0 fully saturated rings. The minimum absolute atomic E-state index is 0.0277. The first-order valence-electron chi connectivity index (χ1n) is 7.80. The number of aromatic amines is 1. The zero-order chi connectivity index (χ0) is 18.7. The van der Waals surface area contributed by atoms with Crippen LogP contribution in [-0.4, -0.2) is 4.98 Å². The number of aromatic nitrogens is 1. The van der Waals surface area contributed by atoms with Crippen LogP contribution in [0.1, 0.15) is 16.8 Å². The second-order valence-electron chi connectivity index (χ2n) is 5.68. The molecule has 4 nitrogen and oxygen atoms in total. The van der Waals surface area contributed by atoms with Gasteiger partial charge in [-0.05, 0) is 36.2 Å². The number of nitrogens with one attached hydrogen (secondary N) is 1. The van der Waals surface area contributed by atoms with E-state index in [1.807, 2.05) is 6.07 Å². The molecular weight excluding hydrogens is 338 g/mol. The molecular formula is C20H14F2N2O2. The van der Waals surface area contributed by atoms with E-state index in [2.05, 4.69) is 4.98 Å². The van der Waals surface area contributed by atoms with Crippen molar-refractivity contribution in [1.29, 1.82) is 5.26 Å². The van der Waals surface area contributed by atoms with Crippen molar-refractivity contribution in [3.05, 3.63) is 87.3 Å². The first-order chi connectivity index (χ1) is 12.5. The Morgan fingerprint density at radius 1 is 1.08 bits per heavy atom. The Morgan fingerprint density at radius 2 is 1.77 bits per heavy atom. The molecule has 26 heavy (non-hydrogen) atoms. The highest BCUT2D eigenvalue weighted by Crippen LogP contribution is 2.28. The van der Waals surface area contributed by atoms with Gasteiger partial charge in [0.2, 0.25) is 0 Å². The van der Waals surface area contributed by atoms with Gasteiger partial charge in [0, 0.05) is 11.3 Å². The Bertz CT molecular complexity index is 1050. The maximum absolute atomic E-state index is 13.7. The number of aryl methyl sites for hydroxylation is 1. The van der Waals surface area contributed by atoms with E-state index in [0.29, 0.717) is 22.4 Å². The molecule has 130 valence electrons. The lowest BCUT2D eigenvalue weighted by molar-refractivity contribution is 0.274. The van der Waals surface area contributed by atoms with Crippen molar-refractivity contribution in [2.24, 2.45) is 0 Å². The zero-order valence-corrected chi connectivity index (χ0v) is 13.8. The Kier molecular flexibility index (Phi) is 4.81. The Labute approximate surface area is 148 Å². The Morgan fingerprint density at radius 3 is 2.46 bits per heavy atom. The second kappa shape index (κ2) is 7.19. The van der Waals surface area contributed by atoms with Crippen LogP contribution in [0, 0.1) is 29.9 Å². The number of benzene rings is 2. The van der Waals surface area contributed by atoms with Crippen molar-refractivity contribution in [3.8, 4) is 22.9 Å². The smallest absolute Gasteiger partial charge is 0.266 e. The van der Waals surface area contributed by atoms with E-state index in [0.717, 1.165) is 12.1 Å². The minimum atomic E-state index is -0.799. The normalized spacial score (nSPS) is 10.4. The molecule has 0 saturated heterocycles. The molecule has 2 aromatic carbocycles. The maximum Gasteiger partial charge on any atom is 0.266 e. The highest BCUT2D eigenvalue weighted by Gasteiger charge is 2.15. The molecule has 0 aliphatic heterocycles. The number of nitrogens with zero attached hydrogens (tertiary/aromatic N) is 1. The number of nitriles is 1. The van der Waals surface area contributed by atoms with Crippen molar-refractivity contribution in [2.45, 2.75) is 13.5 Å². The van der Waals surface area contributed by atoms with Crippen molar-refractivity contribution in [3.63, 3.8) is 0 Å². The summed E-state index contributed by atoms with van der Waals surface area (Å²) < 4.78 is 32.8. The van der Waals surface area contributed by atoms with Gasteiger partial charge in [0.15, 0.2) is 17.4 Å². The molecule has 0 radical (unpaired) electrons.